The van der Waals surface area contributed by atoms with E-state index in [4.69, 9.17) is 27.1 Å². The maximum atomic E-state index is 13.6. The molecular formula is C22H18ClN7O2. The van der Waals surface area contributed by atoms with Gasteiger partial charge in [-0.05, 0) is 31.2 Å². The van der Waals surface area contributed by atoms with Crippen molar-refractivity contribution in [2.75, 3.05) is 18.2 Å². The molecule has 0 aliphatic carbocycles. The molecule has 160 valence electrons. The van der Waals surface area contributed by atoms with E-state index in [2.05, 4.69) is 15.3 Å². The highest BCUT2D eigenvalue weighted by atomic mass is 35.5. The van der Waals surface area contributed by atoms with Crippen LogP contribution in [0, 0.1) is 11.3 Å². The van der Waals surface area contributed by atoms with E-state index in [0.29, 0.717) is 33.2 Å². The summed E-state index contributed by atoms with van der Waals surface area (Å²) >= 11 is 6.34. The van der Waals surface area contributed by atoms with Gasteiger partial charge in [0.2, 0.25) is 5.95 Å². The second-order valence-corrected chi connectivity index (χ2v) is 7.32. The number of nitrogens with two attached hydrogens (primary N) is 1. The summed E-state index contributed by atoms with van der Waals surface area (Å²) in [4.78, 5) is 26.3. The minimum absolute atomic E-state index is 0.0159. The number of nitrogen functional groups attached to an aromatic ring is 1. The largest absolute Gasteiger partial charge is 0.497 e. The van der Waals surface area contributed by atoms with Gasteiger partial charge >= 0.3 is 0 Å². The number of anilines is 2. The summed E-state index contributed by atoms with van der Waals surface area (Å²) in [6.45, 7) is 1.80. The lowest BCUT2D eigenvalue weighted by Crippen LogP contribution is -2.27. The van der Waals surface area contributed by atoms with E-state index in [9.17, 15) is 10.1 Å². The first kappa shape index (κ1) is 21.1. The van der Waals surface area contributed by atoms with E-state index >= 15 is 0 Å². The average Bonchev–Trinajstić information content (AvgIpc) is 2.79. The van der Waals surface area contributed by atoms with Crippen molar-refractivity contribution in [3.63, 3.8) is 0 Å². The molecule has 32 heavy (non-hydrogen) atoms. The fraction of sp³-hybridized carbons (Fsp3) is 0.136. The number of nitrogens with one attached hydrogen (secondary N) is 1. The summed E-state index contributed by atoms with van der Waals surface area (Å²) in [5.41, 5.74) is 6.58. The lowest BCUT2D eigenvalue weighted by atomic mass is 10.2. The van der Waals surface area contributed by atoms with Crippen LogP contribution in [0.5, 0.6) is 5.75 Å². The zero-order valence-corrected chi connectivity index (χ0v) is 18.0. The molecular weight excluding hydrogens is 430 g/mol. The Labute approximate surface area is 188 Å². The van der Waals surface area contributed by atoms with E-state index in [1.54, 1.807) is 56.5 Å². The van der Waals surface area contributed by atoms with Crippen LogP contribution in [0.25, 0.3) is 16.6 Å². The summed E-state index contributed by atoms with van der Waals surface area (Å²) in [7, 11) is 1.55. The van der Waals surface area contributed by atoms with Crippen LogP contribution >= 0.6 is 11.6 Å². The van der Waals surface area contributed by atoms with Gasteiger partial charge in [-0.2, -0.15) is 10.2 Å². The Morgan fingerprint density at radius 1 is 1.25 bits per heavy atom. The number of benzene rings is 2. The second-order valence-electron chi connectivity index (χ2n) is 6.91. The Bertz CT molecular complexity index is 1430. The van der Waals surface area contributed by atoms with Crippen LogP contribution in [0.3, 0.4) is 0 Å². The number of fused-ring (bicyclic) bond motifs is 1. The molecule has 1 unspecified atom stereocenters. The minimum Gasteiger partial charge on any atom is -0.497 e. The van der Waals surface area contributed by atoms with Gasteiger partial charge in [-0.25, -0.2) is 9.97 Å². The van der Waals surface area contributed by atoms with Crippen LogP contribution in [0.15, 0.2) is 53.5 Å². The zero-order chi connectivity index (χ0) is 22.8. The number of hydrogen-bond donors (Lipinski definition) is 2. The lowest BCUT2D eigenvalue weighted by Gasteiger charge is -2.21. The molecule has 0 spiro atoms. The van der Waals surface area contributed by atoms with Crippen molar-refractivity contribution >= 4 is 34.3 Å². The molecule has 9 nitrogen and oxygen atoms in total. The van der Waals surface area contributed by atoms with E-state index in [1.165, 1.54) is 10.8 Å². The molecule has 0 radical (unpaired) electrons. The Morgan fingerprint density at radius 2 is 2.03 bits per heavy atom. The first-order valence-corrected chi connectivity index (χ1v) is 9.95. The zero-order valence-electron chi connectivity index (χ0n) is 17.2. The van der Waals surface area contributed by atoms with Gasteiger partial charge in [0.15, 0.2) is 0 Å². The number of nitriles is 1. The number of rotatable bonds is 5. The highest BCUT2D eigenvalue weighted by molar-refractivity contribution is 6.35. The van der Waals surface area contributed by atoms with Crippen molar-refractivity contribution in [2.45, 2.75) is 13.0 Å². The average molecular weight is 448 g/mol. The van der Waals surface area contributed by atoms with Gasteiger partial charge in [0, 0.05) is 6.07 Å². The van der Waals surface area contributed by atoms with Gasteiger partial charge in [0.25, 0.3) is 5.56 Å². The van der Waals surface area contributed by atoms with Crippen molar-refractivity contribution in [3.05, 3.63) is 75.4 Å². The Hall–Kier alpha value is -4.16. The van der Waals surface area contributed by atoms with E-state index in [1.807, 2.05) is 6.07 Å². The van der Waals surface area contributed by atoms with E-state index in [-0.39, 0.29) is 22.9 Å². The second kappa shape index (κ2) is 8.53. The molecule has 0 fully saturated rings. The Morgan fingerprint density at radius 3 is 2.78 bits per heavy atom. The predicted molar refractivity (Wildman–Crippen MR) is 122 cm³/mol. The first-order chi connectivity index (χ1) is 15.4. The molecule has 2 aromatic heterocycles. The molecule has 0 aliphatic rings. The highest BCUT2D eigenvalue weighted by Gasteiger charge is 2.21. The maximum Gasteiger partial charge on any atom is 0.267 e. The number of methoxy groups -OCH3 is 1. The standard InChI is InChI=1S/C22H18ClN7O2/c1-12(27-19-13(10-24)11-26-22(25)29-19)20-28-17-8-4-7-16(23)18(17)21(31)30(20)14-5-3-6-15(9-14)32-2/h3-9,11-12H,1-2H3,(H3,25,26,27,29). The topological polar surface area (TPSA) is 132 Å². The van der Waals surface area contributed by atoms with Gasteiger partial charge in [-0.3, -0.25) is 9.36 Å². The summed E-state index contributed by atoms with van der Waals surface area (Å²) in [6.07, 6.45) is 1.33. The molecule has 0 saturated heterocycles. The van der Waals surface area contributed by atoms with E-state index in [0.717, 1.165) is 0 Å². The van der Waals surface area contributed by atoms with Gasteiger partial charge < -0.3 is 15.8 Å². The molecule has 3 N–H and O–H groups in total. The highest BCUT2D eigenvalue weighted by Crippen LogP contribution is 2.26. The third kappa shape index (κ3) is 3.79. The Kier molecular flexibility index (Phi) is 5.62. The van der Waals surface area contributed by atoms with Crippen LogP contribution in [-0.4, -0.2) is 26.6 Å². The van der Waals surface area contributed by atoms with Crippen LogP contribution in [0.2, 0.25) is 5.02 Å². The number of aromatic nitrogens is 4. The summed E-state index contributed by atoms with van der Waals surface area (Å²) in [6, 6.07) is 13.6. The van der Waals surface area contributed by atoms with Crippen LogP contribution in [-0.2, 0) is 0 Å². The molecule has 1 atom stereocenters. The number of ether oxygens (including phenoxy) is 1. The van der Waals surface area contributed by atoms with Crippen molar-refractivity contribution < 1.29 is 4.74 Å². The normalized spacial score (nSPS) is 11.7. The number of nitrogens with zero attached hydrogens (tertiary/aromatic N) is 5. The predicted octanol–water partition coefficient (Wildman–Crippen LogP) is 3.46. The van der Waals surface area contributed by atoms with E-state index < -0.39 is 6.04 Å². The van der Waals surface area contributed by atoms with Gasteiger partial charge in [-0.1, -0.05) is 23.7 Å². The quantitative estimate of drug-likeness (QED) is 0.475. The van der Waals surface area contributed by atoms with Crippen molar-refractivity contribution in [1.29, 1.82) is 5.26 Å². The fourth-order valence-electron chi connectivity index (χ4n) is 3.35. The van der Waals surface area contributed by atoms with Crippen molar-refractivity contribution in [2.24, 2.45) is 0 Å². The third-order valence-electron chi connectivity index (χ3n) is 4.85. The molecule has 10 heteroatoms. The van der Waals surface area contributed by atoms with Gasteiger partial charge in [0.05, 0.1) is 41.0 Å². The molecule has 4 aromatic rings. The molecule has 0 amide bonds. The van der Waals surface area contributed by atoms with Crippen molar-refractivity contribution in [3.8, 4) is 17.5 Å². The molecule has 2 heterocycles. The number of hydrogen-bond acceptors (Lipinski definition) is 8. The number of halogens is 1. The molecule has 0 saturated carbocycles. The van der Waals surface area contributed by atoms with Crippen LogP contribution < -0.4 is 21.3 Å². The van der Waals surface area contributed by atoms with Gasteiger partial charge in [0.1, 0.15) is 29.0 Å². The monoisotopic (exact) mass is 447 g/mol. The van der Waals surface area contributed by atoms with Gasteiger partial charge in [-0.15, -0.1) is 0 Å². The fourth-order valence-corrected chi connectivity index (χ4v) is 3.60. The van der Waals surface area contributed by atoms with Crippen LogP contribution in [0.4, 0.5) is 11.8 Å². The molecule has 0 bridgehead atoms. The molecule has 0 aliphatic heterocycles. The maximum absolute atomic E-state index is 13.6. The minimum atomic E-state index is -0.543. The third-order valence-corrected chi connectivity index (χ3v) is 5.17. The summed E-state index contributed by atoms with van der Waals surface area (Å²) < 4.78 is 6.79. The van der Waals surface area contributed by atoms with Crippen LogP contribution in [0.1, 0.15) is 24.4 Å². The first-order valence-electron chi connectivity index (χ1n) is 9.57. The molecule has 2 aromatic carbocycles. The smallest absolute Gasteiger partial charge is 0.267 e. The lowest BCUT2D eigenvalue weighted by molar-refractivity contribution is 0.414. The summed E-state index contributed by atoms with van der Waals surface area (Å²) in [5, 5.41) is 13.1. The summed E-state index contributed by atoms with van der Waals surface area (Å²) in [5.74, 6) is 1.22. The molecule has 4 rings (SSSR count). The van der Waals surface area contributed by atoms with Crippen molar-refractivity contribution in [1.82, 2.24) is 19.5 Å². The SMILES string of the molecule is COc1cccc(-n2c(C(C)Nc3nc(N)ncc3C#N)nc3cccc(Cl)c3c2=O)c1. The Balaban J connectivity index is 1.95.